The second kappa shape index (κ2) is 15.1. The van der Waals surface area contributed by atoms with Crippen LogP contribution in [0.1, 0.15) is 6.92 Å². The van der Waals surface area contributed by atoms with E-state index in [1.165, 1.54) is 6.92 Å². The Bertz CT molecular complexity index is 119. The molecule has 74 valence electrons. The summed E-state index contributed by atoms with van der Waals surface area (Å²) < 4.78 is 0. The summed E-state index contributed by atoms with van der Waals surface area (Å²) in [4.78, 5) is 0. The first-order valence-corrected chi connectivity index (χ1v) is 3.02. The molecule has 0 aromatic carbocycles. The molecule has 13 heavy (non-hydrogen) atoms. The molecule has 0 atom stereocenters. The maximum Gasteiger partial charge on any atom is 1.00 e. The number of rotatable bonds is 3. The van der Waals surface area contributed by atoms with Crippen molar-refractivity contribution in [1.29, 1.82) is 5.26 Å². The van der Waals surface area contributed by atoms with Crippen LogP contribution in [0.3, 0.4) is 0 Å². The predicted octanol–water partition coefficient (Wildman–Crippen LogP) is -7.80. The van der Waals surface area contributed by atoms with Crippen molar-refractivity contribution in [2.45, 2.75) is 12.5 Å². The van der Waals surface area contributed by atoms with E-state index in [0.29, 0.717) is 0 Å². The molecule has 0 aliphatic carbocycles. The van der Waals surface area contributed by atoms with Gasteiger partial charge in [0.2, 0.25) is 0 Å². The van der Waals surface area contributed by atoms with Crippen molar-refractivity contribution >= 4 is 0 Å². The average molecular weight is 221 g/mol. The molecule has 0 fully saturated rings. The van der Waals surface area contributed by atoms with Crippen molar-refractivity contribution in [2.24, 2.45) is 5.73 Å². The molecule has 0 heterocycles. The van der Waals surface area contributed by atoms with Crippen molar-refractivity contribution in [1.82, 2.24) is 0 Å². The van der Waals surface area contributed by atoms with Crippen LogP contribution in [0, 0.1) is 11.3 Å². The average Bonchev–Trinajstić information content (AvgIpc) is 2.05. The Morgan fingerprint density at radius 2 is 1.38 bits per heavy atom. The molecule has 0 amide bonds. The Morgan fingerprint density at radius 1 is 1.23 bits per heavy atom. The minimum absolute atomic E-state index is 0. The monoisotopic (exact) mass is 220 g/mol. The number of hydrogen-bond acceptors (Lipinski definition) is 5. The van der Waals surface area contributed by atoms with Crippen LogP contribution in [0.15, 0.2) is 0 Å². The van der Waals surface area contributed by atoms with Crippen LogP contribution in [-0.4, -0.2) is 40.7 Å². The molecule has 0 bridgehead atoms. The molecule has 5 nitrogen and oxygen atoms in total. The molecule has 0 aromatic rings. The molecule has 0 unspecified atom stereocenters. The molecule has 0 aliphatic rings. The second-order valence-electron chi connectivity index (χ2n) is 2.06. The summed E-state index contributed by atoms with van der Waals surface area (Å²) >= 11 is 0. The van der Waals surface area contributed by atoms with Gasteiger partial charge in [-0.25, -0.2) is 0 Å². The van der Waals surface area contributed by atoms with E-state index < -0.39 is 25.4 Å². The summed E-state index contributed by atoms with van der Waals surface area (Å²) in [6, 6.07) is 1.75. The summed E-state index contributed by atoms with van der Waals surface area (Å²) in [7, 11) is 0. The first-order chi connectivity index (χ1) is 5.10. The van der Waals surface area contributed by atoms with Crippen LogP contribution in [0.4, 0.5) is 0 Å². The van der Waals surface area contributed by atoms with Crippen molar-refractivity contribution in [3.63, 3.8) is 0 Å². The number of nitriles is 1. The van der Waals surface area contributed by atoms with Gasteiger partial charge in [0, 0.05) is 6.92 Å². The molecule has 0 radical (unpaired) electrons. The molecule has 0 spiro atoms. The molecule has 7 heteroatoms. The first kappa shape index (κ1) is 23.4. The third kappa shape index (κ3) is 15.4. The second-order valence-corrected chi connectivity index (χ2v) is 2.06. The van der Waals surface area contributed by atoms with E-state index >= 15 is 0 Å². The van der Waals surface area contributed by atoms with Gasteiger partial charge >= 0.3 is 29.6 Å². The maximum atomic E-state index is 8.34. The molecule has 0 saturated carbocycles. The van der Waals surface area contributed by atoms with Gasteiger partial charge in [0.25, 0.3) is 0 Å². The molecule has 0 aliphatic heterocycles. The SMILES string of the molecule is CC#N.NC(CO)(CO)CO.[Cl-].[Na+]. The molecule has 5 N–H and O–H groups in total. The van der Waals surface area contributed by atoms with Gasteiger partial charge in [-0.3, -0.25) is 0 Å². The van der Waals surface area contributed by atoms with Gasteiger partial charge in [-0.1, -0.05) is 0 Å². The van der Waals surface area contributed by atoms with E-state index in [2.05, 4.69) is 0 Å². The number of hydrogen-bond donors (Lipinski definition) is 4. The fraction of sp³-hybridized carbons (Fsp3) is 0.833. The summed E-state index contributed by atoms with van der Waals surface area (Å²) in [5, 5.41) is 32.3. The normalized spacial score (nSPS) is 8.00. The Kier molecular flexibility index (Phi) is 27.2. The van der Waals surface area contributed by atoms with Crippen LogP contribution < -0.4 is 47.7 Å². The van der Waals surface area contributed by atoms with E-state index in [4.69, 9.17) is 26.3 Å². The van der Waals surface area contributed by atoms with E-state index in [1.807, 2.05) is 0 Å². The number of aliphatic hydroxyl groups excluding tert-OH is 3. The van der Waals surface area contributed by atoms with E-state index in [0.717, 1.165) is 0 Å². The summed E-state index contributed by atoms with van der Waals surface area (Å²) in [5.41, 5.74) is 3.94. The molecular formula is C6H14ClN2NaO3. The molecule has 0 aromatic heterocycles. The van der Waals surface area contributed by atoms with Crippen molar-refractivity contribution in [3.05, 3.63) is 0 Å². The molecular weight excluding hydrogens is 207 g/mol. The van der Waals surface area contributed by atoms with Crippen LogP contribution >= 0.6 is 0 Å². The quantitative estimate of drug-likeness (QED) is 0.353. The van der Waals surface area contributed by atoms with Crippen LogP contribution in [0.2, 0.25) is 0 Å². The number of nitrogens with two attached hydrogens (primary N) is 1. The van der Waals surface area contributed by atoms with Gasteiger partial charge in [-0.15, -0.1) is 0 Å². The minimum Gasteiger partial charge on any atom is -1.00 e. The number of nitrogens with zero attached hydrogens (tertiary/aromatic N) is 1. The van der Waals surface area contributed by atoms with E-state index in [-0.39, 0.29) is 42.0 Å². The predicted molar refractivity (Wildman–Crippen MR) is 39.5 cm³/mol. The van der Waals surface area contributed by atoms with Gasteiger partial charge in [0.05, 0.1) is 31.4 Å². The molecule has 0 rings (SSSR count). The third-order valence-corrected chi connectivity index (χ3v) is 0.945. The Hall–Kier alpha value is 0.620. The van der Waals surface area contributed by atoms with Gasteiger partial charge in [-0.05, 0) is 0 Å². The zero-order chi connectivity index (χ0) is 9.33. The van der Waals surface area contributed by atoms with Crippen molar-refractivity contribution in [2.75, 3.05) is 19.8 Å². The maximum absolute atomic E-state index is 8.34. The Labute approximate surface area is 106 Å². The van der Waals surface area contributed by atoms with Gasteiger partial charge in [-0.2, -0.15) is 5.26 Å². The third-order valence-electron chi connectivity index (χ3n) is 0.945. The van der Waals surface area contributed by atoms with Gasteiger partial charge in [0.1, 0.15) is 0 Å². The summed E-state index contributed by atoms with van der Waals surface area (Å²) in [5.74, 6) is 0. The van der Waals surface area contributed by atoms with Crippen LogP contribution in [0.5, 0.6) is 0 Å². The van der Waals surface area contributed by atoms with Crippen LogP contribution in [-0.2, 0) is 0 Å². The summed E-state index contributed by atoms with van der Waals surface area (Å²) in [6.07, 6.45) is 0. The van der Waals surface area contributed by atoms with Gasteiger partial charge < -0.3 is 33.5 Å². The zero-order valence-corrected chi connectivity index (χ0v) is 10.6. The standard InChI is InChI=1S/C4H11NO3.C2H3N.ClH.Na/c5-4(1-6,2-7)3-8;1-2-3;;/h6-8H,1-3,5H2;1H3;1H;/q;;;+1/p-1. The fourth-order valence-corrected chi connectivity index (χ4v) is 0.150. The van der Waals surface area contributed by atoms with E-state index in [9.17, 15) is 0 Å². The van der Waals surface area contributed by atoms with Crippen molar-refractivity contribution in [3.8, 4) is 6.07 Å². The first-order valence-electron chi connectivity index (χ1n) is 3.02. The zero-order valence-electron chi connectivity index (χ0n) is 7.87. The Balaban J connectivity index is -0.0000000720. The van der Waals surface area contributed by atoms with E-state index in [1.54, 1.807) is 6.07 Å². The smallest absolute Gasteiger partial charge is 1.00 e. The van der Waals surface area contributed by atoms with Crippen LogP contribution in [0.25, 0.3) is 0 Å². The largest absolute Gasteiger partial charge is 1.00 e. The topological polar surface area (TPSA) is 111 Å². The minimum atomic E-state index is -1.21. The number of halogens is 1. The summed E-state index contributed by atoms with van der Waals surface area (Å²) in [6.45, 7) is 0.222. The van der Waals surface area contributed by atoms with Gasteiger partial charge in [0.15, 0.2) is 0 Å². The van der Waals surface area contributed by atoms with Crippen molar-refractivity contribution < 1.29 is 57.3 Å². The number of aliphatic hydroxyl groups is 3. The Morgan fingerprint density at radius 3 is 1.38 bits per heavy atom. The molecule has 0 saturated heterocycles. The fourth-order valence-electron chi connectivity index (χ4n) is 0.150.